The lowest BCUT2D eigenvalue weighted by Crippen LogP contribution is -2.48. The Morgan fingerprint density at radius 1 is 1.13 bits per heavy atom. The van der Waals surface area contributed by atoms with E-state index < -0.39 is 34.5 Å². The largest absolute Gasteiger partial charge is 0.451 e. The molecule has 1 aromatic heterocycles. The Hall–Kier alpha value is -3.86. The number of halogens is 1. The second kappa shape index (κ2) is 9.79. The van der Waals surface area contributed by atoms with Crippen LogP contribution in [0.25, 0.3) is 5.69 Å². The molecule has 5 rings (SSSR count). The van der Waals surface area contributed by atoms with Crippen LogP contribution in [0.15, 0.2) is 59.4 Å². The number of hydrogen-bond acceptors (Lipinski definition) is 6. The molecule has 198 valence electrons. The van der Waals surface area contributed by atoms with Crippen LogP contribution in [0, 0.1) is 12.7 Å². The quantitative estimate of drug-likeness (QED) is 0.484. The average molecular weight is 539 g/mol. The van der Waals surface area contributed by atoms with Crippen LogP contribution in [0.1, 0.15) is 31.0 Å². The highest BCUT2D eigenvalue weighted by atomic mass is 32.2. The van der Waals surface area contributed by atoms with Gasteiger partial charge in [-0.2, -0.15) is 0 Å². The zero-order valence-corrected chi connectivity index (χ0v) is 22.0. The molecular formula is C27H27FN4O5S. The number of rotatable bonds is 6. The van der Waals surface area contributed by atoms with E-state index >= 15 is 0 Å². The van der Waals surface area contributed by atoms with Crippen molar-refractivity contribution in [3.8, 4) is 5.69 Å². The molecule has 0 radical (unpaired) electrons. The van der Waals surface area contributed by atoms with E-state index in [2.05, 4.69) is 5.32 Å². The van der Waals surface area contributed by atoms with Crippen molar-refractivity contribution in [3.63, 3.8) is 0 Å². The lowest BCUT2D eigenvalue weighted by molar-refractivity contribution is -0.160. The highest BCUT2D eigenvalue weighted by Crippen LogP contribution is 2.54. The average Bonchev–Trinajstić information content (AvgIpc) is 3.52. The van der Waals surface area contributed by atoms with Gasteiger partial charge in [0, 0.05) is 19.2 Å². The van der Waals surface area contributed by atoms with E-state index in [4.69, 9.17) is 4.74 Å². The van der Waals surface area contributed by atoms with Gasteiger partial charge in [0.2, 0.25) is 5.91 Å². The van der Waals surface area contributed by atoms with E-state index in [-0.39, 0.29) is 29.6 Å². The number of ether oxygens (including phenoxy) is 1. The first-order chi connectivity index (χ1) is 18.1. The Kier molecular flexibility index (Phi) is 6.64. The Morgan fingerprint density at radius 2 is 1.82 bits per heavy atom. The lowest BCUT2D eigenvalue weighted by Gasteiger charge is -2.33. The fourth-order valence-corrected chi connectivity index (χ4v) is 6.71. The van der Waals surface area contributed by atoms with Crippen molar-refractivity contribution in [1.82, 2.24) is 14.3 Å². The summed E-state index contributed by atoms with van der Waals surface area (Å²) in [4.78, 5) is 52.8. The Balaban J connectivity index is 1.31. The fraction of sp³-hybridized carbons (Fsp3) is 0.333. The van der Waals surface area contributed by atoms with Crippen molar-refractivity contribution in [2.45, 2.75) is 43.7 Å². The summed E-state index contributed by atoms with van der Waals surface area (Å²) < 4.78 is 22.1. The molecule has 2 amide bonds. The van der Waals surface area contributed by atoms with E-state index in [0.717, 1.165) is 5.56 Å². The number of nitrogens with zero attached hydrogens (tertiary/aromatic N) is 3. The van der Waals surface area contributed by atoms with Gasteiger partial charge in [-0.05, 0) is 50.1 Å². The molecule has 3 aromatic rings. The fourth-order valence-electron chi connectivity index (χ4n) is 5.07. The summed E-state index contributed by atoms with van der Waals surface area (Å²) >= 11 is 1.44. The van der Waals surface area contributed by atoms with Crippen LogP contribution >= 0.6 is 11.8 Å². The van der Waals surface area contributed by atoms with Crippen LogP contribution in [0.3, 0.4) is 0 Å². The Morgan fingerprint density at radius 3 is 2.50 bits per heavy atom. The van der Waals surface area contributed by atoms with Gasteiger partial charge in [0.25, 0.3) is 11.5 Å². The first-order valence-corrected chi connectivity index (χ1v) is 13.2. The Labute approximate surface area is 222 Å². The zero-order valence-electron chi connectivity index (χ0n) is 21.1. The van der Waals surface area contributed by atoms with Gasteiger partial charge in [-0.1, -0.05) is 30.3 Å². The number of hydrogen-bond donors (Lipinski definition) is 1. The second-order valence-corrected chi connectivity index (χ2v) is 10.7. The molecule has 2 aromatic carbocycles. The number of amides is 2. The SMILES string of the molecule is Cc1c(NC(=O)[C@H](C)OC(=O)[C@H]2CS[C@]3(c4ccc(F)cc4)CCC(=O)N23)c(=O)n(-c2ccccc2)n1C. The van der Waals surface area contributed by atoms with Gasteiger partial charge in [0.1, 0.15) is 22.4 Å². The van der Waals surface area contributed by atoms with Crippen LogP contribution in [0.2, 0.25) is 0 Å². The monoisotopic (exact) mass is 538 g/mol. The molecule has 1 N–H and O–H groups in total. The first-order valence-electron chi connectivity index (χ1n) is 12.2. The van der Waals surface area contributed by atoms with E-state index in [1.165, 1.54) is 40.4 Å². The summed E-state index contributed by atoms with van der Waals surface area (Å²) in [6, 6.07) is 14.0. The van der Waals surface area contributed by atoms with Gasteiger partial charge < -0.3 is 15.0 Å². The number of benzene rings is 2. The summed E-state index contributed by atoms with van der Waals surface area (Å²) in [5, 5.41) is 2.61. The third kappa shape index (κ3) is 4.20. The van der Waals surface area contributed by atoms with Crippen LogP contribution in [-0.2, 0) is 31.0 Å². The molecule has 2 saturated heterocycles. The number of carbonyl (C=O) groups excluding carboxylic acids is 3. The molecule has 9 nitrogen and oxygen atoms in total. The molecule has 11 heteroatoms. The molecule has 2 aliphatic rings. The van der Waals surface area contributed by atoms with Crippen molar-refractivity contribution >= 4 is 35.2 Å². The number of anilines is 1. The minimum absolute atomic E-state index is 0.0886. The number of nitrogens with one attached hydrogen (secondary N) is 1. The standard InChI is InChI=1S/C27H27FN4O5S/c1-16-23(25(35)32(30(16)3)20-7-5-4-6-8-20)29-24(34)17(2)37-26(36)21-15-38-27(14-13-22(33)31(21)27)18-9-11-19(28)12-10-18/h4-12,17,21H,13-15H2,1-3H3,(H,29,34)/t17-,21+,27-/m0/s1. The smallest absolute Gasteiger partial charge is 0.330 e. The molecule has 3 atom stereocenters. The third-order valence-electron chi connectivity index (χ3n) is 7.16. The number of para-hydroxylation sites is 1. The van der Waals surface area contributed by atoms with E-state index in [9.17, 15) is 23.6 Å². The van der Waals surface area contributed by atoms with Gasteiger partial charge in [0.15, 0.2) is 6.10 Å². The predicted octanol–water partition coefficient (Wildman–Crippen LogP) is 3.08. The van der Waals surface area contributed by atoms with Gasteiger partial charge in [-0.25, -0.2) is 13.9 Å². The summed E-state index contributed by atoms with van der Waals surface area (Å²) in [5.74, 6) is -1.65. The molecule has 2 fully saturated rings. The minimum atomic E-state index is -1.21. The molecular weight excluding hydrogens is 511 g/mol. The number of aromatic nitrogens is 2. The van der Waals surface area contributed by atoms with Gasteiger partial charge in [-0.15, -0.1) is 11.8 Å². The van der Waals surface area contributed by atoms with Gasteiger partial charge in [-0.3, -0.25) is 19.1 Å². The second-order valence-electron chi connectivity index (χ2n) is 9.39. The van der Waals surface area contributed by atoms with Crippen LogP contribution in [0.5, 0.6) is 0 Å². The molecule has 0 spiro atoms. The molecule has 38 heavy (non-hydrogen) atoms. The van der Waals surface area contributed by atoms with E-state index in [0.29, 0.717) is 17.8 Å². The highest BCUT2D eigenvalue weighted by Gasteiger charge is 2.57. The summed E-state index contributed by atoms with van der Waals surface area (Å²) in [7, 11) is 1.71. The number of thioether (sulfide) groups is 1. The molecule has 3 heterocycles. The first kappa shape index (κ1) is 25.8. The molecule has 0 saturated carbocycles. The van der Waals surface area contributed by atoms with E-state index in [1.54, 1.807) is 55.1 Å². The van der Waals surface area contributed by atoms with Crippen LogP contribution < -0.4 is 10.9 Å². The number of esters is 1. The minimum Gasteiger partial charge on any atom is -0.451 e. The third-order valence-corrected chi connectivity index (χ3v) is 8.76. The molecule has 2 aliphatic heterocycles. The van der Waals surface area contributed by atoms with Crippen LogP contribution in [0.4, 0.5) is 10.1 Å². The lowest BCUT2D eigenvalue weighted by atomic mass is 10.0. The maximum Gasteiger partial charge on any atom is 0.330 e. The topological polar surface area (TPSA) is 103 Å². The highest BCUT2D eigenvalue weighted by molar-refractivity contribution is 8.00. The summed E-state index contributed by atoms with van der Waals surface area (Å²) in [6.07, 6.45) is -0.469. The molecule has 0 unspecified atom stereocenters. The summed E-state index contributed by atoms with van der Waals surface area (Å²) in [6.45, 7) is 3.12. The normalized spacial score (nSPS) is 21.3. The molecule has 0 bridgehead atoms. The van der Waals surface area contributed by atoms with Crippen molar-refractivity contribution in [3.05, 3.63) is 82.0 Å². The number of fused-ring (bicyclic) bond motifs is 1. The van der Waals surface area contributed by atoms with Crippen molar-refractivity contribution in [2.75, 3.05) is 11.1 Å². The van der Waals surface area contributed by atoms with Crippen molar-refractivity contribution in [2.24, 2.45) is 7.05 Å². The van der Waals surface area contributed by atoms with Crippen molar-refractivity contribution in [1.29, 1.82) is 0 Å². The maximum absolute atomic E-state index is 13.5. The summed E-state index contributed by atoms with van der Waals surface area (Å²) in [5.41, 5.74) is 1.59. The number of carbonyl (C=O) groups is 3. The van der Waals surface area contributed by atoms with Crippen LogP contribution in [-0.4, -0.2) is 49.9 Å². The van der Waals surface area contributed by atoms with E-state index in [1.807, 2.05) is 6.07 Å². The van der Waals surface area contributed by atoms with Gasteiger partial charge in [0.05, 0.1) is 11.4 Å². The maximum atomic E-state index is 13.5. The van der Waals surface area contributed by atoms with Crippen molar-refractivity contribution < 1.29 is 23.5 Å². The Bertz CT molecular complexity index is 1470. The zero-order chi connectivity index (χ0) is 27.2. The molecule has 0 aliphatic carbocycles. The van der Waals surface area contributed by atoms with Gasteiger partial charge >= 0.3 is 5.97 Å². The predicted molar refractivity (Wildman–Crippen MR) is 140 cm³/mol.